The number of pyridine rings is 1. The molecule has 100 valence electrons. The van der Waals surface area contributed by atoms with Gasteiger partial charge in [-0.25, -0.2) is 0 Å². The lowest BCUT2D eigenvalue weighted by atomic mass is 10.1. The topological polar surface area (TPSA) is 91.8 Å². The second-order valence-corrected chi connectivity index (χ2v) is 4.39. The Kier molecular flexibility index (Phi) is 3.96. The van der Waals surface area contributed by atoms with E-state index in [1.807, 2.05) is 12.1 Å². The van der Waals surface area contributed by atoms with Crippen molar-refractivity contribution in [3.63, 3.8) is 0 Å². The minimum absolute atomic E-state index is 0.254. The normalized spacial score (nSPS) is 9.80. The van der Waals surface area contributed by atoms with E-state index in [-0.39, 0.29) is 5.91 Å². The third-order valence-corrected chi connectivity index (χ3v) is 2.85. The molecule has 0 saturated heterocycles. The molecule has 1 aromatic heterocycles. The van der Waals surface area contributed by atoms with Crippen molar-refractivity contribution in [2.75, 3.05) is 11.1 Å². The van der Waals surface area contributed by atoms with Crippen LogP contribution in [0.5, 0.6) is 0 Å². The van der Waals surface area contributed by atoms with Gasteiger partial charge in [-0.2, -0.15) is 5.26 Å². The first kappa shape index (κ1) is 13.6. The molecule has 0 aliphatic carbocycles. The molecule has 0 aliphatic rings. The summed E-state index contributed by atoms with van der Waals surface area (Å²) in [6, 6.07) is 10.8. The van der Waals surface area contributed by atoms with Crippen molar-refractivity contribution in [3.05, 3.63) is 53.3 Å². The van der Waals surface area contributed by atoms with E-state index in [2.05, 4.69) is 16.4 Å². The Labute approximate surface area is 117 Å². The van der Waals surface area contributed by atoms with E-state index in [0.29, 0.717) is 29.1 Å². The van der Waals surface area contributed by atoms with Gasteiger partial charge in [-0.15, -0.1) is 0 Å². The number of nitriles is 1. The van der Waals surface area contributed by atoms with Crippen LogP contribution >= 0.6 is 0 Å². The van der Waals surface area contributed by atoms with Gasteiger partial charge >= 0.3 is 0 Å². The van der Waals surface area contributed by atoms with Crippen molar-refractivity contribution < 1.29 is 4.79 Å². The average Bonchev–Trinajstić information content (AvgIpc) is 2.44. The summed E-state index contributed by atoms with van der Waals surface area (Å²) in [6.07, 6.45) is 1.87. The largest absolute Gasteiger partial charge is 0.397 e. The number of aromatic nitrogens is 1. The van der Waals surface area contributed by atoms with Crippen LogP contribution in [-0.2, 0) is 6.42 Å². The van der Waals surface area contributed by atoms with Gasteiger partial charge in [-0.05, 0) is 30.7 Å². The number of hydrogen-bond donors (Lipinski definition) is 2. The van der Waals surface area contributed by atoms with Crippen LogP contribution in [0.4, 0.5) is 11.4 Å². The van der Waals surface area contributed by atoms with Gasteiger partial charge in [0, 0.05) is 5.69 Å². The highest BCUT2D eigenvalue weighted by Gasteiger charge is 2.10. The maximum Gasteiger partial charge on any atom is 0.257 e. The van der Waals surface area contributed by atoms with Gasteiger partial charge in [0.15, 0.2) is 0 Å². The van der Waals surface area contributed by atoms with Crippen LogP contribution in [0.15, 0.2) is 36.5 Å². The van der Waals surface area contributed by atoms with Crippen LogP contribution in [0.3, 0.4) is 0 Å². The minimum Gasteiger partial charge on any atom is -0.397 e. The Morgan fingerprint density at radius 3 is 2.75 bits per heavy atom. The van der Waals surface area contributed by atoms with E-state index < -0.39 is 0 Å². The molecule has 2 rings (SSSR count). The quantitative estimate of drug-likeness (QED) is 0.891. The summed E-state index contributed by atoms with van der Waals surface area (Å²) in [6.45, 7) is 1.75. The predicted octanol–water partition coefficient (Wildman–Crippen LogP) is 2.29. The van der Waals surface area contributed by atoms with E-state index >= 15 is 0 Å². The zero-order valence-electron chi connectivity index (χ0n) is 11.1. The van der Waals surface area contributed by atoms with Gasteiger partial charge < -0.3 is 11.1 Å². The summed E-state index contributed by atoms with van der Waals surface area (Å²) in [7, 11) is 0. The number of nitrogens with one attached hydrogen (secondary N) is 1. The lowest BCUT2D eigenvalue weighted by Crippen LogP contribution is -2.14. The number of nitrogen functional groups attached to an aromatic ring is 1. The van der Waals surface area contributed by atoms with Gasteiger partial charge in [0.05, 0.1) is 35.6 Å². The maximum absolute atomic E-state index is 12.1. The molecule has 0 radical (unpaired) electrons. The molecule has 1 heterocycles. The van der Waals surface area contributed by atoms with Gasteiger partial charge in [0.25, 0.3) is 5.91 Å². The van der Waals surface area contributed by atoms with Crippen LogP contribution in [0.1, 0.15) is 21.6 Å². The first-order chi connectivity index (χ1) is 9.60. The van der Waals surface area contributed by atoms with Gasteiger partial charge in [0.2, 0.25) is 0 Å². The number of aryl methyl sites for hydroxylation is 1. The third kappa shape index (κ3) is 3.12. The molecule has 0 aliphatic heterocycles. The molecule has 0 fully saturated rings. The van der Waals surface area contributed by atoms with Crippen molar-refractivity contribution in [2.45, 2.75) is 13.3 Å². The molecule has 5 heteroatoms. The molecule has 20 heavy (non-hydrogen) atoms. The van der Waals surface area contributed by atoms with Gasteiger partial charge in [-0.3, -0.25) is 9.78 Å². The highest BCUT2D eigenvalue weighted by molar-refractivity contribution is 6.05. The first-order valence-corrected chi connectivity index (χ1v) is 6.09. The fourth-order valence-electron chi connectivity index (χ4n) is 1.77. The summed E-state index contributed by atoms with van der Waals surface area (Å²) in [5.74, 6) is -0.254. The molecule has 2 aromatic rings. The van der Waals surface area contributed by atoms with E-state index in [0.717, 1.165) is 5.56 Å². The second-order valence-electron chi connectivity index (χ2n) is 4.39. The SMILES string of the molecule is Cc1ncc(N)cc1C(=O)Nc1ccc(CC#N)cc1. The van der Waals surface area contributed by atoms with Crippen molar-refractivity contribution >= 4 is 17.3 Å². The summed E-state index contributed by atoms with van der Waals surface area (Å²) < 4.78 is 0. The molecule has 0 bridgehead atoms. The molecule has 0 saturated carbocycles. The van der Waals surface area contributed by atoms with Crippen LogP contribution < -0.4 is 11.1 Å². The third-order valence-electron chi connectivity index (χ3n) is 2.85. The Hall–Kier alpha value is -2.87. The average molecular weight is 266 g/mol. The smallest absolute Gasteiger partial charge is 0.257 e. The molecule has 1 amide bonds. The summed E-state index contributed by atoms with van der Waals surface area (Å²) in [5.41, 5.74) is 8.74. The van der Waals surface area contributed by atoms with E-state index in [1.165, 1.54) is 6.20 Å². The molecule has 0 atom stereocenters. The lowest BCUT2D eigenvalue weighted by molar-refractivity contribution is 0.102. The number of benzene rings is 1. The van der Waals surface area contributed by atoms with Crippen molar-refractivity contribution in [2.24, 2.45) is 0 Å². The fourth-order valence-corrected chi connectivity index (χ4v) is 1.77. The molecule has 5 nitrogen and oxygen atoms in total. The number of carbonyl (C=O) groups is 1. The van der Waals surface area contributed by atoms with Crippen molar-refractivity contribution in [1.82, 2.24) is 4.98 Å². The number of anilines is 2. The van der Waals surface area contributed by atoms with Crippen LogP contribution in [0.25, 0.3) is 0 Å². The first-order valence-electron chi connectivity index (χ1n) is 6.09. The van der Waals surface area contributed by atoms with E-state index in [9.17, 15) is 4.79 Å². The maximum atomic E-state index is 12.1. The molecule has 3 N–H and O–H groups in total. The van der Waals surface area contributed by atoms with Crippen LogP contribution in [-0.4, -0.2) is 10.9 Å². The second kappa shape index (κ2) is 5.85. The highest BCUT2D eigenvalue weighted by Crippen LogP contribution is 2.14. The minimum atomic E-state index is -0.254. The molecule has 1 aromatic carbocycles. The highest BCUT2D eigenvalue weighted by atomic mass is 16.1. The molecule has 0 spiro atoms. The van der Waals surface area contributed by atoms with E-state index in [4.69, 9.17) is 11.0 Å². The summed E-state index contributed by atoms with van der Waals surface area (Å²) in [5, 5.41) is 11.4. The Morgan fingerprint density at radius 1 is 1.40 bits per heavy atom. The Bertz CT molecular complexity index is 671. The zero-order valence-corrected chi connectivity index (χ0v) is 11.1. The fraction of sp³-hybridized carbons (Fsp3) is 0.133. The number of nitrogens with two attached hydrogens (primary N) is 1. The Morgan fingerprint density at radius 2 is 2.10 bits per heavy atom. The lowest BCUT2D eigenvalue weighted by Gasteiger charge is -2.08. The monoisotopic (exact) mass is 266 g/mol. The van der Waals surface area contributed by atoms with Gasteiger partial charge in [0.1, 0.15) is 0 Å². The van der Waals surface area contributed by atoms with Crippen LogP contribution in [0, 0.1) is 18.3 Å². The number of rotatable bonds is 3. The number of carbonyl (C=O) groups excluding carboxylic acids is 1. The number of hydrogen-bond acceptors (Lipinski definition) is 4. The standard InChI is InChI=1S/C15H14N4O/c1-10-14(8-12(17)9-18-10)15(20)19-13-4-2-11(3-5-13)6-7-16/h2-5,8-9H,6,17H2,1H3,(H,19,20). The van der Waals surface area contributed by atoms with Crippen molar-refractivity contribution in [1.29, 1.82) is 5.26 Å². The predicted molar refractivity (Wildman–Crippen MR) is 77.1 cm³/mol. The van der Waals surface area contributed by atoms with Crippen molar-refractivity contribution in [3.8, 4) is 6.07 Å². The van der Waals surface area contributed by atoms with Crippen LogP contribution in [0.2, 0.25) is 0 Å². The zero-order chi connectivity index (χ0) is 14.5. The summed E-state index contributed by atoms with van der Waals surface area (Å²) >= 11 is 0. The molecule has 0 unspecified atom stereocenters. The number of amides is 1. The molecular formula is C15H14N4O. The number of nitrogens with zero attached hydrogens (tertiary/aromatic N) is 2. The van der Waals surface area contributed by atoms with Gasteiger partial charge in [-0.1, -0.05) is 12.1 Å². The molecular weight excluding hydrogens is 252 g/mol. The Balaban J connectivity index is 2.15. The van der Waals surface area contributed by atoms with E-state index in [1.54, 1.807) is 25.1 Å². The summed E-state index contributed by atoms with van der Waals surface area (Å²) in [4.78, 5) is 16.2.